The molecule has 1 aromatic carbocycles. The van der Waals surface area contributed by atoms with Crippen LogP contribution in [0.15, 0.2) is 24.3 Å². The molecule has 2 bridgehead atoms. The van der Waals surface area contributed by atoms with Crippen molar-refractivity contribution in [2.45, 2.75) is 31.2 Å². The summed E-state index contributed by atoms with van der Waals surface area (Å²) in [6.07, 6.45) is 2.73. The molecule has 0 N–H and O–H groups in total. The monoisotopic (exact) mass is 254 g/mol. The van der Waals surface area contributed by atoms with Crippen LogP contribution in [0.3, 0.4) is 0 Å². The Hall–Kier alpha value is -1.02. The molecule has 2 heteroatoms. The molecule has 3 saturated heterocycles. The van der Waals surface area contributed by atoms with Gasteiger partial charge in [0, 0.05) is 36.8 Å². The topological polar surface area (TPSA) is 6.48 Å². The van der Waals surface area contributed by atoms with E-state index in [-0.39, 0.29) is 0 Å². The average Bonchev–Trinajstić information content (AvgIpc) is 3.13. The van der Waals surface area contributed by atoms with Gasteiger partial charge in [0.2, 0.25) is 0 Å². The Labute approximate surface area is 115 Å². The van der Waals surface area contributed by atoms with Crippen LogP contribution < -0.4 is 4.90 Å². The van der Waals surface area contributed by atoms with Gasteiger partial charge in [-0.05, 0) is 48.9 Å². The number of nitrogens with zero attached hydrogens (tertiary/aromatic N) is 2. The van der Waals surface area contributed by atoms with Gasteiger partial charge in [-0.1, -0.05) is 19.1 Å². The van der Waals surface area contributed by atoms with Crippen LogP contribution >= 0.6 is 0 Å². The van der Waals surface area contributed by atoms with Crippen molar-refractivity contribution < 1.29 is 0 Å². The molecular formula is C17H22N2. The van der Waals surface area contributed by atoms with Gasteiger partial charge in [-0.2, -0.15) is 0 Å². The lowest BCUT2D eigenvalue weighted by atomic mass is 9.88. The Morgan fingerprint density at radius 3 is 2.37 bits per heavy atom. The van der Waals surface area contributed by atoms with Crippen LogP contribution in [0, 0.1) is 11.8 Å². The first-order valence-electron chi connectivity index (χ1n) is 7.96. The molecule has 1 aromatic rings. The first-order chi connectivity index (χ1) is 9.36. The van der Waals surface area contributed by atoms with Crippen molar-refractivity contribution in [3.05, 3.63) is 29.8 Å². The van der Waals surface area contributed by atoms with E-state index in [1.54, 1.807) is 5.56 Å². The molecule has 0 spiro atoms. The maximum absolute atomic E-state index is 2.70. The van der Waals surface area contributed by atoms with Crippen LogP contribution in [0.5, 0.6) is 0 Å². The number of benzene rings is 1. The Morgan fingerprint density at radius 1 is 1.11 bits per heavy atom. The van der Waals surface area contributed by atoms with E-state index in [4.69, 9.17) is 0 Å². The second-order valence-corrected chi connectivity index (χ2v) is 6.89. The van der Waals surface area contributed by atoms with Crippen molar-refractivity contribution in [1.82, 2.24) is 4.90 Å². The molecule has 5 fully saturated rings. The molecule has 0 radical (unpaired) electrons. The summed E-state index contributed by atoms with van der Waals surface area (Å²) in [4.78, 5) is 5.23. The van der Waals surface area contributed by atoms with E-state index >= 15 is 0 Å². The van der Waals surface area contributed by atoms with Crippen LogP contribution in [0.4, 0.5) is 5.69 Å². The van der Waals surface area contributed by atoms with Gasteiger partial charge in [0.15, 0.2) is 0 Å². The lowest BCUT2D eigenvalue weighted by Gasteiger charge is -2.20. The van der Waals surface area contributed by atoms with E-state index in [1.165, 1.54) is 44.7 Å². The highest BCUT2D eigenvalue weighted by molar-refractivity contribution is 5.57. The highest BCUT2D eigenvalue weighted by atomic mass is 15.3. The molecule has 2 aliphatic carbocycles. The largest absolute Gasteiger partial charge is 0.372 e. The van der Waals surface area contributed by atoms with Crippen LogP contribution in [-0.4, -0.2) is 37.1 Å². The summed E-state index contributed by atoms with van der Waals surface area (Å²) in [6, 6.07) is 10.6. The maximum Gasteiger partial charge on any atom is 0.0366 e. The zero-order chi connectivity index (χ0) is 12.6. The first-order valence-corrected chi connectivity index (χ1v) is 7.96. The molecule has 6 rings (SSSR count). The van der Waals surface area contributed by atoms with Crippen molar-refractivity contribution in [3.63, 3.8) is 0 Å². The Morgan fingerprint density at radius 2 is 1.79 bits per heavy atom. The molecule has 100 valence electrons. The number of piperidine rings is 1. The molecule has 2 saturated carbocycles. The SMILES string of the molecule is CCN1CC2(c3ccc(N4CCCC4)cc3)C3C1C32. The summed E-state index contributed by atoms with van der Waals surface area (Å²) in [5.74, 6) is 2.04. The summed E-state index contributed by atoms with van der Waals surface area (Å²) in [6.45, 7) is 7.38. The van der Waals surface area contributed by atoms with E-state index in [0.29, 0.717) is 5.41 Å². The second kappa shape index (κ2) is 3.35. The summed E-state index contributed by atoms with van der Waals surface area (Å²) >= 11 is 0. The molecule has 19 heavy (non-hydrogen) atoms. The number of rotatable bonds is 3. The quantitative estimate of drug-likeness (QED) is 0.817. The molecule has 2 unspecified atom stereocenters. The number of hydrogen-bond acceptors (Lipinski definition) is 2. The van der Waals surface area contributed by atoms with Gasteiger partial charge in [-0.25, -0.2) is 0 Å². The van der Waals surface area contributed by atoms with Crippen molar-refractivity contribution in [3.8, 4) is 0 Å². The van der Waals surface area contributed by atoms with Gasteiger partial charge in [-0.3, -0.25) is 4.90 Å². The summed E-state index contributed by atoms with van der Waals surface area (Å²) in [7, 11) is 0. The van der Waals surface area contributed by atoms with Gasteiger partial charge >= 0.3 is 0 Å². The minimum absolute atomic E-state index is 0.588. The van der Waals surface area contributed by atoms with Crippen molar-refractivity contribution in [2.75, 3.05) is 31.1 Å². The lowest BCUT2D eigenvalue weighted by molar-refractivity contribution is 0.338. The Kier molecular flexibility index (Phi) is 1.89. The number of fused-ring (bicyclic) bond motifs is 1. The van der Waals surface area contributed by atoms with Crippen LogP contribution in [0.2, 0.25) is 0 Å². The van der Waals surface area contributed by atoms with Gasteiger partial charge in [0.05, 0.1) is 0 Å². The zero-order valence-corrected chi connectivity index (χ0v) is 11.7. The van der Waals surface area contributed by atoms with E-state index in [0.717, 1.165) is 17.9 Å². The van der Waals surface area contributed by atoms with Gasteiger partial charge < -0.3 is 4.90 Å². The predicted octanol–water partition coefficient (Wildman–Crippen LogP) is 2.49. The number of likely N-dealkylation sites (N-methyl/N-ethyl adjacent to an activating group) is 1. The van der Waals surface area contributed by atoms with E-state index < -0.39 is 0 Å². The van der Waals surface area contributed by atoms with E-state index in [2.05, 4.69) is 41.0 Å². The molecule has 2 nitrogen and oxygen atoms in total. The number of hydrogen-bond donors (Lipinski definition) is 0. The third-order valence-corrected chi connectivity index (χ3v) is 6.23. The van der Waals surface area contributed by atoms with Crippen LogP contribution in [0.25, 0.3) is 0 Å². The Balaban J connectivity index is 1.40. The van der Waals surface area contributed by atoms with E-state index in [1.807, 2.05) is 0 Å². The summed E-state index contributed by atoms with van der Waals surface area (Å²) < 4.78 is 0. The van der Waals surface area contributed by atoms with Gasteiger partial charge in [-0.15, -0.1) is 0 Å². The smallest absolute Gasteiger partial charge is 0.0366 e. The lowest BCUT2D eigenvalue weighted by Crippen LogP contribution is -2.21. The summed E-state index contributed by atoms with van der Waals surface area (Å²) in [5, 5.41) is 0. The highest BCUT2D eigenvalue weighted by Gasteiger charge is 2.89. The van der Waals surface area contributed by atoms with Gasteiger partial charge in [0.25, 0.3) is 0 Å². The molecule has 3 heterocycles. The standard InChI is InChI=1S/C17H22N2/c1-2-18-11-17(14-15(17)16(14)18)12-5-7-13(8-6-12)19-9-3-4-10-19/h5-8,14-16H,2-4,9-11H2,1H3. The van der Waals surface area contributed by atoms with Crippen molar-refractivity contribution >= 4 is 5.69 Å². The summed E-state index contributed by atoms with van der Waals surface area (Å²) in [5.41, 5.74) is 3.65. The minimum Gasteiger partial charge on any atom is -0.372 e. The fourth-order valence-corrected chi connectivity index (χ4v) is 5.15. The molecule has 3 aliphatic heterocycles. The average molecular weight is 254 g/mol. The van der Waals surface area contributed by atoms with E-state index in [9.17, 15) is 0 Å². The van der Waals surface area contributed by atoms with Crippen LogP contribution in [-0.2, 0) is 5.41 Å². The molecule has 2 atom stereocenters. The zero-order valence-electron chi connectivity index (χ0n) is 11.7. The third kappa shape index (κ3) is 1.17. The predicted molar refractivity (Wildman–Crippen MR) is 77.6 cm³/mol. The first kappa shape index (κ1) is 10.7. The van der Waals surface area contributed by atoms with Crippen molar-refractivity contribution in [2.24, 2.45) is 11.8 Å². The molecule has 5 aliphatic rings. The molecular weight excluding hydrogens is 232 g/mol. The molecule has 0 aromatic heterocycles. The minimum atomic E-state index is 0.588. The van der Waals surface area contributed by atoms with Crippen LogP contribution in [0.1, 0.15) is 25.3 Å². The normalized spacial score (nSPS) is 42.6. The second-order valence-electron chi connectivity index (χ2n) is 6.89. The fourth-order valence-electron chi connectivity index (χ4n) is 5.15. The highest BCUT2D eigenvalue weighted by Crippen LogP contribution is 2.83. The fraction of sp³-hybridized carbons (Fsp3) is 0.647. The van der Waals surface area contributed by atoms with Crippen molar-refractivity contribution in [1.29, 1.82) is 0 Å². The maximum atomic E-state index is 2.70. The number of anilines is 1. The van der Waals surface area contributed by atoms with Gasteiger partial charge in [0.1, 0.15) is 0 Å². The molecule has 0 amide bonds. The Bertz CT molecular complexity index is 505. The third-order valence-electron chi connectivity index (χ3n) is 6.23.